The van der Waals surface area contributed by atoms with Gasteiger partial charge in [-0.25, -0.2) is 0 Å². The largest absolute Gasteiger partial charge is 0.385 e. The molecule has 0 spiro atoms. The first-order valence-electron chi connectivity index (χ1n) is 4.52. The Hall–Kier alpha value is -0.670. The van der Waals surface area contributed by atoms with Gasteiger partial charge in [0.05, 0.1) is 0 Å². The first kappa shape index (κ1) is 8.91. The van der Waals surface area contributed by atoms with Gasteiger partial charge in [-0.15, -0.1) is 0 Å². The van der Waals surface area contributed by atoms with Gasteiger partial charge in [-0.05, 0) is 42.1 Å². The highest BCUT2D eigenvalue weighted by Crippen LogP contribution is 2.24. The van der Waals surface area contributed by atoms with Gasteiger partial charge in [-0.2, -0.15) is 0 Å². The van der Waals surface area contributed by atoms with Gasteiger partial charge >= 0.3 is 0 Å². The van der Waals surface area contributed by atoms with E-state index in [1.807, 2.05) is 0 Å². The third-order valence-corrected chi connectivity index (χ3v) is 2.81. The molecular weight excluding hydrogens is 182 g/mol. The highest BCUT2D eigenvalue weighted by atomic mass is 32.2. The van der Waals surface area contributed by atoms with Crippen LogP contribution in [-0.4, -0.2) is 11.1 Å². The van der Waals surface area contributed by atoms with Crippen molar-refractivity contribution in [2.75, 3.05) is 11.9 Å². The number of fused-ring (bicyclic) bond motifs is 1. The maximum absolute atomic E-state index is 8.72. The number of hydrogen-bond acceptors (Lipinski definition) is 3. The SMILES string of the molecule is OSCc1ccc2c(c1)NCCC2. The molecule has 0 aromatic heterocycles. The highest BCUT2D eigenvalue weighted by Gasteiger charge is 2.08. The summed E-state index contributed by atoms with van der Waals surface area (Å²) >= 11 is 0.878. The van der Waals surface area contributed by atoms with Gasteiger partial charge in [0.25, 0.3) is 0 Å². The molecular formula is C10H13NOS. The molecule has 0 unspecified atom stereocenters. The zero-order chi connectivity index (χ0) is 9.10. The van der Waals surface area contributed by atoms with Crippen molar-refractivity contribution in [3.05, 3.63) is 29.3 Å². The van der Waals surface area contributed by atoms with Gasteiger partial charge in [0.15, 0.2) is 0 Å². The molecule has 0 saturated heterocycles. The van der Waals surface area contributed by atoms with E-state index < -0.39 is 0 Å². The van der Waals surface area contributed by atoms with Crippen molar-refractivity contribution in [2.45, 2.75) is 18.6 Å². The molecule has 0 aliphatic carbocycles. The molecule has 0 amide bonds. The Morgan fingerprint density at radius 1 is 1.46 bits per heavy atom. The van der Waals surface area contributed by atoms with Crippen LogP contribution in [0.15, 0.2) is 18.2 Å². The third kappa shape index (κ3) is 1.98. The fourth-order valence-electron chi connectivity index (χ4n) is 1.67. The zero-order valence-corrected chi connectivity index (χ0v) is 8.23. The second kappa shape index (κ2) is 4.03. The molecule has 0 bridgehead atoms. The molecule has 1 aliphatic rings. The summed E-state index contributed by atoms with van der Waals surface area (Å²) in [5, 5.41) is 3.37. The lowest BCUT2D eigenvalue weighted by molar-refractivity contribution is 0.663. The summed E-state index contributed by atoms with van der Waals surface area (Å²) in [4.78, 5) is 0. The minimum Gasteiger partial charge on any atom is -0.385 e. The van der Waals surface area contributed by atoms with E-state index in [9.17, 15) is 0 Å². The quantitative estimate of drug-likeness (QED) is 0.712. The normalized spacial score (nSPS) is 14.8. The maximum atomic E-state index is 8.72. The number of anilines is 1. The van der Waals surface area contributed by atoms with Crippen LogP contribution in [-0.2, 0) is 12.2 Å². The van der Waals surface area contributed by atoms with Crippen LogP contribution in [0, 0.1) is 0 Å². The molecule has 13 heavy (non-hydrogen) atoms. The molecule has 0 atom stereocenters. The lowest BCUT2D eigenvalue weighted by Gasteiger charge is -2.18. The number of nitrogens with one attached hydrogen (secondary N) is 1. The molecule has 0 radical (unpaired) electrons. The van der Waals surface area contributed by atoms with Crippen molar-refractivity contribution >= 4 is 17.7 Å². The van der Waals surface area contributed by atoms with E-state index in [-0.39, 0.29) is 0 Å². The van der Waals surface area contributed by atoms with Crippen molar-refractivity contribution in [3.8, 4) is 0 Å². The highest BCUT2D eigenvalue weighted by molar-refractivity contribution is 7.92. The van der Waals surface area contributed by atoms with E-state index in [2.05, 4.69) is 23.5 Å². The minimum absolute atomic E-state index is 0.676. The van der Waals surface area contributed by atoms with E-state index in [1.165, 1.54) is 29.7 Å². The molecule has 1 aromatic rings. The van der Waals surface area contributed by atoms with Crippen molar-refractivity contribution in [1.82, 2.24) is 0 Å². The maximum Gasteiger partial charge on any atom is 0.0447 e. The summed E-state index contributed by atoms with van der Waals surface area (Å²) in [5.74, 6) is 0.676. The molecule has 2 nitrogen and oxygen atoms in total. The fraction of sp³-hybridized carbons (Fsp3) is 0.400. The predicted octanol–water partition coefficient (Wildman–Crippen LogP) is 2.75. The molecule has 3 heteroatoms. The van der Waals surface area contributed by atoms with E-state index in [4.69, 9.17) is 4.55 Å². The number of aryl methyl sites for hydroxylation is 1. The molecule has 1 aromatic carbocycles. The summed E-state index contributed by atoms with van der Waals surface area (Å²) in [7, 11) is 0. The Kier molecular flexibility index (Phi) is 2.76. The summed E-state index contributed by atoms with van der Waals surface area (Å²) in [6, 6.07) is 6.39. The van der Waals surface area contributed by atoms with Crippen molar-refractivity contribution in [2.24, 2.45) is 0 Å². The van der Waals surface area contributed by atoms with Crippen LogP contribution in [0.1, 0.15) is 17.5 Å². The Bertz CT molecular complexity index is 301. The monoisotopic (exact) mass is 195 g/mol. The van der Waals surface area contributed by atoms with Gasteiger partial charge in [0, 0.05) is 18.0 Å². The summed E-state index contributed by atoms with van der Waals surface area (Å²) < 4.78 is 8.72. The first-order chi connectivity index (χ1) is 6.40. The van der Waals surface area contributed by atoms with Gasteiger partial charge in [-0.1, -0.05) is 12.1 Å². The lowest BCUT2D eigenvalue weighted by Crippen LogP contribution is -2.11. The Labute approximate surface area is 82.6 Å². The molecule has 70 valence electrons. The minimum atomic E-state index is 0.676. The van der Waals surface area contributed by atoms with Gasteiger partial charge in [0.2, 0.25) is 0 Å². The van der Waals surface area contributed by atoms with Crippen LogP contribution in [0.3, 0.4) is 0 Å². The van der Waals surface area contributed by atoms with Crippen LogP contribution in [0.25, 0.3) is 0 Å². The van der Waals surface area contributed by atoms with E-state index >= 15 is 0 Å². The van der Waals surface area contributed by atoms with Crippen LogP contribution >= 0.6 is 12.0 Å². The van der Waals surface area contributed by atoms with Crippen LogP contribution in [0.5, 0.6) is 0 Å². The number of hydrogen-bond donors (Lipinski definition) is 2. The standard InChI is InChI=1S/C10H13NOS/c12-13-7-8-3-4-9-2-1-5-11-10(9)6-8/h3-4,6,11-12H,1-2,5,7H2. The summed E-state index contributed by atoms with van der Waals surface area (Å²) in [6.07, 6.45) is 2.40. The average Bonchev–Trinajstić information content (AvgIpc) is 2.18. The number of benzene rings is 1. The third-order valence-electron chi connectivity index (χ3n) is 2.34. The topological polar surface area (TPSA) is 32.3 Å². The summed E-state index contributed by atoms with van der Waals surface area (Å²) in [5.41, 5.74) is 3.83. The lowest BCUT2D eigenvalue weighted by atomic mass is 10.0. The molecule has 0 saturated carbocycles. The van der Waals surface area contributed by atoms with Crippen molar-refractivity contribution < 1.29 is 4.55 Å². The molecule has 1 heterocycles. The van der Waals surface area contributed by atoms with Crippen LogP contribution < -0.4 is 5.32 Å². The fourth-order valence-corrected chi connectivity index (χ4v) is 2.00. The second-order valence-corrected chi connectivity index (χ2v) is 3.84. The second-order valence-electron chi connectivity index (χ2n) is 3.30. The van der Waals surface area contributed by atoms with Gasteiger partial charge < -0.3 is 9.87 Å². The first-order valence-corrected chi connectivity index (χ1v) is 5.46. The van der Waals surface area contributed by atoms with Crippen LogP contribution in [0.2, 0.25) is 0 Å². The predicted molar refractivity (Wildman–Crippen MR) is 57.2 cm³/mol. The summed E-state index contributed by atoms with van der Waals surface area (Å²) in [6.45, 7) is 1.07. The Balaban J connectivity index is 2.24. The van der Waals surface area contributed by atoms with Crippen molar-refractivity contribution in [3.63, 3.8) is 0 Å². The molecule has 1 aliphatic heterocycles. The zero-order valence-electron chi connectivity index (χ0n) is 7.42. The van der Waals surface area contributed by atoms with Gasteiger partial charge in [-0.3, -0.25) is 0 Å². The smallest absolute Gasteiger partial charge is 0.0447 e. The van der Waals surface area contributed by atoms with Crippen molar-refractivity contribution in [1.29, 1.82) is 0 Å². The number of rotatable bonds is 2. The average molecular weight is 195 g/mol. The van der Waals surface area contributed by atoms with Crippen LogP contribution in [0.4, 0.5) is 5.69 Å². The van der Waals surface area contributed by atoms with E-state index in [0.717, 1.165) is 18.6 Å². The molecule has 2 rings (SSSR count). The Morgan fingerprint density at radius 2 is 2.38 bits per heavy atom. The van der Waals surface area contributed by atoms with E-state index in [1.54, 1.807) is 0 Å². The van der Waals surface area contributed by atoms with Gasteiger partial charge in [0.1, 0.15) is 0 Å². The van der Waals surface area contributed by atoms with E-state index in [0.29, 0.717) is 5.75 Å². The molecule has 0 fully saturated rings. The Morgan fingerprint density at radius 3 is 3.23 bits per heavy atom. The molecule has 2 N–H and O–H groups in total.